The van der Waals surface area contributed by atoms with Crippen molar-refractivity contribution in [1.82, 2.24) is 29.9 Å². The Labute approximate surface area is 220 Å². The van der Waals surface area contributed by atoms with Gasteiger partial charge < -0.3 is 24.7 Å². The van der Waals surface area contributed by atoms with Gasteiger partial charge in [0.2, 0.25) is 5.91 Å². The Kier molecular flexibility index (Phi) is 5.82. The summed E-state index contributed by atoms with van der Waals surface area (Å²) in [6.45, 7) is 3.58. The number of likely N-dealkylation sites (tertiary alicyclic amines) is 2. The third kappa shape index (κ3) is 4.16. The molecular weight excluding hydrogens is 486 g/mol. The summed E-state index contributed by atoms with van der Waals surface area (Å²) in [5, 5.41) is 17.8. The van der Waals surface area contributed by atoms with Gasteiger partial charge in [-0.2, -0.15) is 5.10 Å². The molecule has 0 aliphatic carbocycles. The van der Waals surface area contributed by atoms with E-state index in [9.17, 15) is 19.5 Å². The van der Waals surface area contributed by atoms with Gasteiger partial charge in [0.05, 0.1) is 24.0 Å². The Morgan fingerprint density at radius 2 is 1.79 bits per heavy atom. The molecule has 0 radical (unpaired) electrons. The van der Waals surface area contributed by atoms with E-state index in [1.54, 1.807) is 40.1 Å². The molecule has 2 aromatic heterocycles. The number of carbonyl (C=O) groups excluding carboxylic acids is 3. The highest BCUT2D eigenvalue weighted by molar-refractivity contribution is 5.98. The van der Waals surface area contributed by atoms with Gasteiger partial charge in [0.25, 0.3) is 11.8 Å². The minimum atomic E-state index is -0.890. The fourth-order valence-corrected chi connectivity index (χ4v) is 5.96. The molecule has 1 unspecified atom stereocenters. The van der Waals surface area contributed by atoms with Crippen LogP contribution in [0.1, 0.15) is 36.5 Å². The number of para-hydroxylation sites is 1. The number of H-pyrrole nitrogens is 1. The van der Waals surface area contributed by atoms with Crippen molar-refractivity contribution in [3.63, 3.8) is 0 Å². The fourth-order valence-electron chi connectivity index (χ4n) is 5.96. The molecule has 3 aromatic rings. The lowest BCUT2D eigenvalue weighted by Gasteiger charge is -2.43. The van der Waals surface area contributed by atoms with Crippen LogP contribution in [0.4, 0.5) is 5.69 Å². The van der Waals surface area contributed by atoms with Crippen molar-refractivity contribution in [2.24, 2.45) is 0 Å². The molecule has 38 heavy (non-hydrogen) atoms. The summed E-state index contributed by atoms with van der Waals surface area (Å²) in [5.74, 6) is -0.370. The molecule has 0 saturated carbocycles. The lowest BCUT2D eigenvalue weighted by molar-refractivity contribution is -0.140. The number of anilines is 1. The van der Waals surface area contributed by atoms with Crippen LogP contribution < -0.4 is 4.90 Å². The van der Waals surface area contributed by atoms with Crippen LogP contribution in [0.2, 0.25) is 0 Å². The first-order valence-corrected chi connectivity index (χ1v) is 13.0. The van der Waals surface area contributed by atoms with Crippen LogP contribution in [0.15, 0.2) is 48.8 Å². The van der Waals surface area contributed by atoms with Crippen molar-refractivity contribution in [3.8, 4) is 0 Å². The van der Waals surface area contributed by atoms with Gasteiger partial charge in [-0.1, -0.05) is 18.2 Å². The van der Waals surface area contributed by atoms with E-state index in [0.717, 1.165) is 11.1 Å². The summed E-state index contributed by atoms with van der Waals surface area (Å²) in [4.78, 5) is 51.7. The number of hydrogen-bond acceptors (Lipinski definition) is 7. The average molecular weight is 518 g/mol. The fraction of sp³-hybridized carbons (Fsp3) is 0.444. The number of carbonyl (C=O) groups is 3. The highest BCUT2D eigenvalue weighted by Gasteiger charge is 2.54. The van der Waals surface area contributed by atoms with Gasteiger partial charge in [0.1, 0.15) is 12.1 Å². The molecule has 3 aliphatic rings. The molecule has 1 spiro atoms. The Hall–Kier alpha value is -3.99. The highest BCUT2D eigenvalue weighted by Crippen LogP contribution is 2.40. The van der Waals surface area contributed by atoms with Gasteiger partial charge in [-0.25, -0.2) is 4.98 Å². The largest absolute Gasteiger partial charge is 0.388 e. The van der Waals surface area contributed by atoms with Crippen LogP contribution in [0.5, 0.6) is 0 Å². The topological polar surface area (TPSA) is 126 Å². The third-order valence-electron chi connectivity index (χ3n) is 8.13. The monoisotopic (exact) mass is 517 g/mol. The number of pyridine rings is 1. The first kappa shape index (κ1) is 24.4. The zero-order valence-electron chi connectivity index (χ0n) is 21.3. The van der Waals surface area contributed by atoms with Gasteiger partial charge >= 0.3 is 0 Å². The Balaban J connectivity index is 1.21. The van der Waals surface area contributed by atoms with Crippen molar-refractivity contribution >= 4 is 34.4 Å². The highest BCUT2D eigenvalue weighted by atomic mass is 16.3. The van der Waals surface area contributed by atoms with Crippen molar-refractivity contribution in [3.05, 3.63) is 54.4 Å². The normalized spacial score (nSPS) is 23.2. The molecule has 11 nitrogen and oxygen atoms in total. The summed E-state index contributed by atoms with van der Waals surface area (Å²) < 4.78 is 0. The van der Waals surface area contributed by atoms with Gasteiger partial charge in [0.15, 0.2) is 5.65 Å². The van der Waals surface area contributed by atoms with E-state index in [4.69, 9.17) is 0 Å². The van der Waals surface area contributed by atoms with Gasteiger partial charge in [-0.3, -0.25) is 19.5 Å². The van der Waals surface area contributed by atoms with E-state index >= 15 is 0 Å². The minimum absolute atomic E-state index is 0.0287. The molecule has 1 aromatic carbocycles. The van der Waals surface area contributed by atoms with Crippen LogP contribution in [0.25, 0.3) is 11.0 Å². The molecule has 3 aliphatic heterocycles. The first-order valence-electron chi connectivity index (χ1n) is 13.0. The number of nitrogens with one attached hydrogen (secondary N) is 1. The first-order chi connectivity index (χ1) is 18.3. The van der Waals surface area contributed by atoms with Crippen LogP contribution in [-0.4, -0.2) is 103 Å². The van der Waals surface area contributed by atoms with Crippen LogP contribution in [0.3, 0.4) is 0 Å². The zero-order valence-corrected chi connectivity index (χ0v) is 21.3. The molecule has 11 heteroatoms. The van der Waals surface area contributed by atoms with Crippen LogP contribution >= 0.6 is 0 Å². The predicted molar refractivity (Wildman–Crippen MR) is 139 cm³/mol. The van der Waals surface area contributed by atoms with Crippen molar-refractivity contribution in [1.29, 1.82) is 0 Å². The van der Waals surface area contributed by atoms with Crippen molar-refractivity contribution in [2.45, 2.75) is 37.3 Å². The Morgan fingerprint density at radius 1 is 1.05 bits per heavy atom. The lowest BCUT2D eigenvalue weighted by atomic mass is 9.85. The number of aromatic nitrogens is 3. The molecule has 2 N–H and O–H groups in total. The van der Waals surface area contributed by atoms with E-state index in [-0.39, 0.29) is 30.8 Å². The molecule has 3 amide bonds. The van der Waals surface area contributed by atoms with E-state index < -0.39 is 11.1 Å². The maximum absolute atomic E-state index is 13.9. The second kappa shape index (κ2) is 9.09. The Bertz CT molecular complexity index is 1380. The van der Waals surface area contributed by atoms with E-state index in [2.05, 4.69) is 20.1 Å². The SMILES string of the molecule is CC1(O)CCN(C(=O)CN2CN(c3ccccc3)C3(CCN(C(=O)c4cnc5[nH]ncc5c4)CC3)C2=O)C1. The average Bonchev–Trinajstić information content (AvgIpc) is 3.61. The molecule has 5 heterocycles. The minimum Gasteiger partial charge on any atom is -0.388 e. The van der Waals surface area contributed by atoms with Crippen molar-refractivity contribution < 1.29 is 19.5 Å². The molecule has 6 rings (SSSR count). The smallest absolute Gasteiger partial charge is 0.255 e. The van der Waals surface area contributed by atoms with E-state index in [0.29, 0.717) is 56.8 Å². The maximum atomic E-state index is 13.9. The molecule has 0 bridgehead atoms. The summed E-state index contributed by atoms with van der Waals surface area (Å²) in [5.41, 5.74) is 0.303. The second-order valence-electron chi connectivity index (χ2n) is 10.8. The van der Waals surface area contributed by atoms with E-state index in [1.807, 2.05) is 30.3 Å². The molecule has 198 valence electrons. The summed E-state index contributed by atoms with van der Waals surface area (Å²) in [6.07, 6.45) is 4.62. The lowest BCUT2D eigenvalue weighted by Crippen LogP contribution is -2.57. The molecular formula is C27H31N7O4. The number of piperidine rings is 1. The summed E-state index contributed by atoms with van der Waals surface area (Å²) >= 11 is 0. The number of amides is 3. The number of aliphatic hydroxyl groups is 1. The van der Waals surface area contributed by atoms with Crippen molar-refractivity contribution in [2.75, 3.05) is 44.3 Å². The molecule has 1 atom stereocenters. The number of benzene rings is 1. The maximum Gasteiger partial charge on any atom is 0.255 e. The third-order valence-corrected chi connectivity index (χ3v) is 8.13. The number of aromatic amines is 1. The zero-order chi connectivity index (χ0) is 26.5. The number of fused-ring (bicyclic) bond motifs is 1. The van der Waals surface area contributed by atoms with Gasteiger partial charge in [-0.05, 0) is 44.4 Å². The van der Waals surface area contributed by atoms with E-state index in [1.165, 1.54) is 0 Å². The summed E-state index contributed by atoms with van der Waals surface area (Å²) in [7, 11) is 0. The second-order valence-corrected chi connectivity index (χ2v) is 10.8. The molecule has 3 fully saturated rings. The number of nitrogens with zero attached hydrogens (tertiary/aromatic N) is 6. The molecule has 3 saturated heterocycles. The standard InChI is InChI=1S/C27H31N7O4/c1-26(38)7-10-32(17-26)22(35)16-33-18-34(21-5-3-2-4-6-21)27(25(33)37)8-11-31(12-9-27)24(36)20-13-19-15-29-30-23(19)28-14-20/h2-6,13-15,38H,7-12,16-18H2,1H3,(H,28,29,30). The summed E-state index contributed by atoms with van der Waals surface area (Å²) in [6, 6.07) is 11.5. The van der Waals surface area contributed by atoms with Crippen LogP contribution in [0, 0.1) is 0 Å². The van der Waals surface area contributed by atoms with Gasteiger partial charge in [0, 0.05) is 43.4 Å². The number of hydrogen-bond donors (Lipinski definition) is 2. The number of β-amino-alcohol motifs (C(OH)–C–C–N with tert-alkyl or cyclic N) is 1. The Morgan fingerprint density at radius 3 is 2.50 bits per heavy atom. The quantitative estimate of drug-likeness (QED) is 0.533. The number of rotatable bonds is 4. The predicted octanol–water partition coefficient (Wildman–Crippen LogP) is 1.22. The van der Waals surface area contributed by atoms with Crippen LogP contribution in [-0.2, 0) is 9.59 Å². The van der Waals surface area contributed by atoms with Gasteiger partial charge in [-0.15, -0.1) is 0 Å².